The van der Waals surface area contributed by atoms with Crippen LogP contribution in [0.25, 0.3) is 0 Å². The minimum absolute atomic E-state index is 0.0467. The molecular formula is C15H17ClN4O. The fraction of sp³-hybridized carbons (Fsp3) is 0.400. The van der Waals surface area contributed by atoms with Crippen LogP contribution in [0.15, 0.2) is 24.3 Å². The lowest BCUT2D eigenvalue weighted by atomic mass is 9.95. The third-order valence-corrected chi connectivity index (χ3v) is 4.42. The summed E-state index contributed by atoms with van der Waals surface area (Å²) < 4.78 is 1.88. The number of amides is 1. The van der Waals surface area contributed by atoms with E-state index in [0.29, 0.717) is 11.6 Å². The topological polar surface area (TPSA) is 59.8 Å². The van der Waals surface area contributed by atoms with Gasteiger partial charge in [0.05, 0.1) is 12.0 Å². The summed E-state index contributed by atoms with van der Waals surface area (Å²) in [6, 6.07) is 7.52. The van der Waals surface area contributed by atoms with Crippen LogP contribution in [0.2, 0.25) is 5.02 Å². The Morgan fingerprint density at radius 1 is 1.33 bits per heavy atom. The average molecular weight is 305 g/mol. The van der Waals surface area contributed by atoms with Gasteiger partial charge in [-0.15, -0.1) is 10.2 Å². The van der Waals surface area contributed by atoms with Gasteiger partial charge in [0.2, 0.25) is 5.91 Å². The Morgan fingerprint density at radius 2 is 2.00 bits per heavy atom. The van der Waals surface area contributed by atoms with Gasteiger partial charge in [0.15, 0.2) is 5.82 Å². The first-order valence-electron chi connectivity index (χ1n) is 6.92. The Morgan fingerprint density at radius 3 is 2.52 bits per heavy atom. The summed E-state index contributed by atoms with van der Waals surface area (Å²) in [7, 11) is 1.89. The smallest absolute Gasteiger partial charge is 0.231 e. The zero-order chi connectivity index (χ0) is 15.0. The van der Waals surface area contributed by atoms with Gasteiger partial charge >= 0.3 is 0 Å². The Bertz CT molecular complexity index is 673. The van der Waals surface area contributed by atoms with Gasteiger partial charge in [0.25, 0.3) is 0 Å². The summed E-state index contributed by atoms with van der Waals surface area (Å²) in [5.74, 6) is 1.64. The molecule has 0 atom stereocenters. The molecular weight excluding hydrogens is 288 g/mol. The molecule has 1 saturated carbocycles. The highest BCUT2D eigenvalue weighted by molar-refractivity contribution is 6.30. The predicted octanol–water partition coefficient (Wildman–Crippen LogP) is 2.12. The zero-order valence-corrected chi connectivity index (χ0v) is 12.8. The van der Waals surface area contributed by atoms with E-state index >= 15 is 0 Å². The minimum Gasteiger partial charge on any atom is -0.348 e. The summed E-state index contributed by atoms with van der Waals surface area (Å²) in [6.45, 7) is 2.28. The van der Waals surface area contributed by atoms with Crippen LogP contribution in [0.4, 0.5) is 0 Å². The molecule has 6 heteroatoms. The summed E-state index contributed by atoms with van der Waals surface area (Å²) in [5.41, 5.74) is 0.636. The van der Waals surface area contributed by atoms with Crippen LogP contribution in [-0.2, 0) is 23.8 Å². The Balaban J connectivity index is 1.70. The number of nitrogens with one attached hydrogen (secondary N) is 1. The molecule has 1 aliphatic carbocycles. The highest BCUT2D eigenvalue weighted by Crippen LogP contribution is 2.48. The Kier molecular flexibility index (Phi) is 3.45. The first-order chi connectivity index (χ1) is 10.0. The minimum atomic E-state index is -0.391. The van der Waals surface area contributed by atoms with E-state index in [-0.39, 0.29) is 5.91 Å². The summed E-state index contributed by atoms with van der Waals surface area (Å²) in [4.78, 5) is 12.5. The van der Waals surface area contributed by atoms with Crippen molar-refractivity contribution in [2.45, 2.75) is 31.7 Å². The first kappa shape index (κ1) is 14.1. The SMILES string of the molecule is Cc1nnc(CNC(=O)C2(c3ccc(Cl)cc3)CC2)n1C. The standard InChI is InChI=1S/C15H17ClN4O/c1-10-18-19-13(20(10)2)9-17-14(21)15(7-8-15)11-3-5-12(16)6-4-11/h3-6H,7-9H2,1-2H3,(H,17,21). The second kappa shape index (κ2) is 5.15. The lowest BCUT2D eigenvalue weighted by Crippen LogP contribution is -2.35. The van der Waals surface area contributed by atoms with Gasteiger partial charge in [-0.3, -0.25) is 4.79 Å². The van der Waals surface area contributed by atoms with Crippen molar-refractivity contribution in [2.75, 3.05) is 0 Å². The van der Waals surface area contributed by atoms with E-state index in [2.05, 4.69) is 15.5 Å². The van der Waals surface area contributed by atoms with Crippen molar-refractivity contribution in [3.05, 3.63) is 46.5 Å². The van der Waals surface area contributed by atoms with Crippen molar-refractivity contribution < 1.29 is 4.79 Å². The average Bonchev–Trinajstić information content (AvgIpc) is 3.22. The van der Waals surface area contributed by atoms with Crippen molar-refractivity contribution in [1.29, 1.82) is 0 Å². The zero-order valence-electron chi connectivity index (χ0n) is 12.1. The lowest BCUT2D eigenvalue weighted by Gasteiger charge is -2.15. The van der Waals surface area contributed by atoms with Crippen LogP contribution in [0.3, 0.4) is 0 Å². The number of carbonyl (C=O) groups excluding carboxylic acids is 1. The highest BCUT2D eigenvalue weighted by Gasteiger charge is 2.51. The fourth-order valence-electron chi connectivity index (χ4n) is 2.47. The number of hydrogen-bond donors (Lipinski definition) is 1. The quantitative estimate of drug-likeness (QED) is 0.941. The lowest BCUT2D eigenvalue weighted by molar-refractivity contribution is -0.123. The van der Waals surface area contributed by atoms with E-state index in [4.69, 9.17) is 11.6 Å². The van der Waals surface area contributed by atoms with Crippen LogP contribution < -0.4 is 5.32 Å². The molecule has 1 heterocycles. The number of hydrogen-bond acceptors (Lipinski definition) is 3. The molecule has 0 bridgehead atoms. The van der Waals surface area contributed by atoms with Gasteiger partial charge in [-0.25, -0.2) is 0 Å². The Labute approximate surface area is 128 Å². The van der Waals surface area contributed by atoms with E-state index < -0.39 is 5.41 Å². The number of aromatic nitrogens is 3. The molecule has 5 nitrogen and oxygen atoms in total. The highest BCUT2D eigenvalue weighted by atomic mass is 35.5. The van der Waals surface area contributed by atoms with Gasteiger partial charge < -0.3 is 9.88 Å². The van der Waals surface area contributed by atoms with Crippen LogP contribution in [0.1, 0.15) is 30.1 Å². The van der Waals surface area contributed by atoms with E-state index in [0.717, 1.165) is 30.1 Å². The number of carbonyl (C=O) groups is 1. The van der Waals surface area contributed by atoms with E-state index in [9.17, 15) is 4.79 Å². The molecule has 3 rings (SSSR count). The van der Waals surface area contributed by atoms with Crippen LogP contribution in [0, 0.1) is 6.92 Å². The third kappa shape index (κ3) is 2.53. The van der Waals surface area contributed by atoms with Gasteiger partial charge in [0.1, 0.15) is 5.82 Å². The van der Waals surface area contributed by atoms with Gasteiger partial charge in [-0.1, -0.05) is 23.7 Å². The largest absolute Gasteiger partial charge is 0.348 e. The van der Waals surface area contributed by atoms with Crippen molar-refractivity contribution in [3.8, 4) is 0 Å². The molecule has 21 heavy (non-hydrogen) atoms. The third-order valence-electron chi connectivity index (χ3n) is 4.17. The number of nitrogens with zero attached hydrogens (tertiary/aromatic N) is 3. The summed E-state index contributed by atoms with van der Waals surface area (Å²) in [5, 5.41) is 11.7. The predicted molar refractivity (Wildman–Crippen MR) is 80.0 cm³/mol. The molecule has 0 radical (unpaired) electrons. The number of aryl methyl sites for hydroxylation is 1. The summed E-state index contributed by atoms with van der Waals surface area (Å²) in [6.07, 6.45) is 1.75. The molecule has 1 N–H and O–H groups in total. The van der Waals surface area contributed by atoms with E-state index in [1.807, 2.05) is 42.8 Å². The summed E-state index contributed by atoms with van der Waals surface area (Å²) >= 11 is 5.90. The monoisotopic (exact) mass is 304 g/mol. The van der Waals surface area contributed by atoms with Crippen molar-refractivity contribution >= 4 is 17.5 Å². The second-order valence-corrected chi connectivity index (χ2v) is 5.93. The molecule has 1 aromatic carbocycles. The fourth-order valence-corrected chi connectivity index (χ4v) is 2.60. The number of benzene rings is 1. The normalized spacial score (nSPS) is 15.8. The van der Waals surface area contributed by atoms with Crippen LogP contribution >= 0.6 is 11.6 Å². The molecule has 110 valence electrons. The maximum absolute atomic E-state index is 12.5. The molecule has 0 aliphatic heterocycles. The molecule has 2 aromatic rings. The maximum Gasteiger partial charge on any atom is 0.231 e. The van der Waals surface area contributed by atoms with Crippen molar-refractivity contribution in [2.24, 2.45) is 7.05 Å². The van der Waals surface area contributed by atoms with E-state index in [1.54, 1.807) is 0 Å². The molecule has 1 amide bonds. The van der Waals surface area contributed by atoms with Crippen molar-refractivity contribution in [1.82, 2.24) is 20.1 Å². The van der Waals surface area contributed by atoms with Crippen LogP contribution in [-0.4, -0.2) is 20.7 Å². The van der Waals surface area contributed by atoms with Gasteiger partial charge in [-0.05, 0) is 37.5 Å². The Hall–Kier alpha value is -1.88. The van der Waals surface area contributed by atoms with E-state index in [1.165, 1.54) is 0 Å². The maximum atomic E-state index is 12.5. The number of rotatable bonds is 4. The van der Waals surface area contributed by atoms with Crippen LogP contribution in [0.5, 0.6) is 0 Å². The first-order valence-corrected chi connectivity index (χ1v) is 7.30. The van der Waals surface area contributed by atoms with Gasteiger partial charge in [-0.2, -0.15) is 0 Å². The second-order valence-electron chi connectivity index (χ2n) is 5.49. The molecule has 1 aromatic heterocycles. The van der Waals surface area contributed by atoms with Gasteiger partial charge in [0, 0.05) is 12.1 Å². The molecule has 0 unspecified atom stereocenters. The van der Waals surface area contributed by atoms with Crippen molar-refractivity contribution in [3.63, 3.8) is 0 Å². The molecule has 1 fully saturated rings. The molecule has 1 aliphatic rings. The molecule has 0 saturated heterocycles. The molecule has 0 spiro atoms. The number of halogens is 1.